The molecule has 0 amide bonds. The van der Waals surface area contributed by atoms with Gasteiger partial charge in [0.2, 0.25) is 0 Å². The molecular weight excluding hydrogens is 260 g/mol. The van der Waals surface area contributed by atoms with Gasteiger partial charge in [-0.25, -0.2) is 0 Å². The summed E-state index contributed by atoms with van der Waals surface area (Å²) < 4.78 is 5.30. The van der Waals surface area contributed by atoms with Gasteiger partial charge in [-0.1, -0.05) is 45.0 Å². The lowest BCUT2D eigenvalue weighted by Gasteiger charge is -2.37. The van der Waals surface area contributed by atoms with Crippen LogP contribution >= 0.6 is 0 Å². The van der Waals surface area contributed by atoms with Crippen molar-refractivity contribution >= 4 is 0 Å². The zero-order valence-corrected chi connectivity index (χ0v) is 14.1. The first-order chi connectivity index (χ1) is 10.2. The Kier molecular flexibility index (Phi) is 8.58. The first-order valence-electron chi connectivity index (χ1n) is 8.25. The zero-order chi connectivity index (χ0) is 15.7. The van der Waals surface area contributed by atoms with Crippen LogP contribution in [0, 0.1) is 0 Å². The highest BCUT2D eigenvalue weighted by Crippen LogP contribution is 2.25. The van der Waals surface area contributed by atoms with Gasteiger partial charge in [-0.3, -0.25) is 4.90 Å². The summed E-state index contributed by atoms with van der Waals surface area (Å²) in [6.07, 6.45) is 3.36. The Balaban J connectivity index is 2.97. The van der Waals surface area contributed by atoms with Gasteiger partial charge in [-0.15, -0.1) is 0 Å². The predicted octanol–water partition coefficient (Wildman–Crippen LogP) is 3.39. The molecule has 0 saturated carbocycles. The Morgan fingerprint density at radius 2 is 1.71 bits per heavy atom. The molecule has 2 N–H and O–H groups in total. The molecule has 0 fully saturated rings. The molecule has 1 atom stereocenters. The van der Waals surface area contributed by atoms with Gasteiger partial charge in [-0.2, -0.15) is 0 Å². The van der Waals surface area contributed by atoms with Crippen LogP contribution in [0.5, 0.6) is 0 Å². The summed E-state index contributed by atoms with van der Waals surface area (Å²) in [7, 11) is 1.76. The van der Waals surface area contributed by atoms with Crippen LogP contribution in [-0.4, -0.2) is 37.7 Å². The van der Waals surface area contributed by atoms with Gasteiger partial charge in [0.15, 0.2) is 0 Å². The van der Waals surface area contributed by atoms with Crippen molar-refractivity contribution in [3.63, 3.8) is 0 Å². The maximum atomic E-state index is 6.11. The van der Waals surface area contributed by atoms with E-state index in [-0.39, 0.29) is 6.04 Å². The van der Waals surface area contributed by atoms with E-state index in [9.17, 15) is 0 Å². The third kappa shape index (κ3) is 5.10. The summed E-state index contributed by atoms with van der Waals surface area (Å²) in [6, 6.07) is 9.74. The van der Waals surface area contributed by atoms with Gasteiger partial charge in [0, 0.05) is 32.3 Å². The van der Waals surface area contributed by atoms with Crippen molar-refractivity contribution in [1.29, 1.82) is 0 Å². The maximum Gasteiger partial charge on any atom is 0.0590 e. The third-order valence-electron chi connectivity index (χ3n) is 4.36. The number of nitrogens with two attached hydrogens (primary N) is 1. The second-order valence-electron chi connectivity index (χ2n) is 5.55. The molecule has 0 radical (unpaired) electrons. The van der Waals surface area contributed by atoms with E-state index in [1.807, 2.05) is 0 Å². The molecule has 1 rings (SSSR count). The molecule has 1 aromatic rings. The fourth-order valence-corrected chi connectivity index (χ4v) is 2.99. The van der Waals surface area contributed by atoms with E-state index >= 15 is 0 Å². The molecule has 21 heavy (non-hydrogen) atoms. The highest BCUT2D eigenvalue weighted by molar-refractivity contribution is 5.25. The number of hydrogen-bond acceptors (Lipinski definition) is 3. The number of nitrogens with zero attached hydrogens (tertiary/aromatic N) is 1. The Morgan fingerprint density at radius 1 is 1.10 bits per heavy atom. The molecule has 0 aliphatic carbocycles. The van der Waals surface area contributed by atoms with E-state index in [1.165, 1.54) is 11.1 Å². The first-order valence-corrected chi connectivity index (χ1v) is 8.25. The van der Waals surface area contributed by atoms with Crippen molar-refractivity contribution in [2.24, 2.45) is 5.73 Å². The standard InChI is InChI=1S/C18H32N2O/c1-5-15-8-10-16(11-9-15)18(14-19)20(12-13-21-4)17(6-2)7-3/h8-11,17-18H,5-7,12-14,19H2,1-4H3. The monoisotopic (exact) mass is 292 g/mol. The van der Waals surface area contributed by atoms with Crippen LogP contribution in [0.1, 0.15) is 50.8 Å². The minimum Gasteiger partial charge on any atom is -0.383 e. The van der Waals surface area contributed by atoms with E-state index < -0.39 is 0 Å². The van der Waals surface area contributed by atoms with Crippen molar-refractivity contribution in [1.82, 2.24) is 4.90 Å². The summed E-state index contributed by atoms with van der Waals surface area (Å²) in [5, 5.41) is 0. The van der Waals surface area contributed by atoms with Gasteiger partial charge in [0.25, 0.3) is 0 Å². The Labute approximate surface area is 130 Å². The SMILES string of the molecule is CCc1ccc(C(CN)N(CCOC)C(CC)CC)cc1. The van der Waals surface area contributed by atoms with Crippen molar-refractivity contribution in [3.8, 4) is 0 Å². The molecule has 0 aliphatic heterocycles. The largest absolute Gasteiger partial charge is 0.383 e. The molecule has 120 valence electrons. The number of ether oxygens (including phenoxy) is 1. The molecule has 0 aromatic heterocycles. The Morgan fingerprint density at radius 3 is 2.14 bits per heavy atom. The van der Waals surface area contributed by atoms with Crippen molar-refractivity contribution < 1.29 is 4.74 Å². The molecule has 0 heterocycles. The van der Waals surface area contributed by atoms with Crippen LogP contribution in [-0.2, 0) is 11.2 Å². The summed E-state index contributed by atoms with van der Waals surface area (Å²) in [5.74, 6) is 0. The Bertz CT molecular complexity index is 373. The number of hydrogen-bond donors (Lipinski definition) is 1. The van der Waals surface area contributed by atoms with E-state index in [2.05, 4.69) is 49.9 Å². The molecule has 0 bridgehead atoms. The molecule has 3 heteroatoms. The van der Waals surface area contributed by atoms with Crippen LogP contribution in [0.25, 0.3) is 0 Å². The molecule has 0 spiro atoms. The first kappa shape index (κ1) is 18.1. The smallest absolute Gasteiger partial charge is 0.0590 e. The minimum absolute atomic E-state index is 0.274. The van der Waals surface area contributed by atoms with Crippen LogP contribution in [0.4, 0.5) is 0 Å². The third-order valence-corrected chi connectivity index (χ3v) is 4.36. The van der Waals surface area contributed by atoms with Gasteiger partial charge < -0.3 is 10.5 Å². The molecule has 3 nitrogen and oxygen atoms in total. The highest BCUT2D eigenvalue weighted by Gasteiger charge is 2.24. The average molecular weight is 292 g/mol. The van der Waals surface area contributed by atoms with Crippen molar-refractivity contribution in [3.05, 3.63) is 35.4 Å². The second-order valence-corrected chi connectivity index (χ2v) is 5.55. The number of benzene rings is 1. The second kappa shape index (κ2) is 9.93. The number of methoxy groups -OCH3 is 1. The maximum absolute atomic E-state index is 6.11. The lowest BCUT2D eigenvalue weighted by atomic mass is 9.99. The van der Waals surface area contributed by atoms with Crippen LogP contribution in [0.2, 0.25) is 0 Å². The molecule has 1 aromatic carbocycles. The highest BCUT2D eigenvalue weighted by atomic mass is 16.5. The summed E-state index contributed by atoms with van der Waals surface area (Å²) in [4.78, 5) is 2.52. The zero-order valence-electron chi connectivity index (χ0n) is 14.1. The van der Waals surface area contributed by atoms with E-state index in [0.29, 0.717) is 12.6 Å². The van der Waals surface area contributed by atoms with Crippen molar-refractivity contribution in [2.75, 3.05) is 26.8 Å². The Hall–Kier alpha value is -0.900. The fourth-order valence-electron chi connectivity index (χ4n) is 2.99. The molecule has 1 unspecified atom stereocenters. The van der Waals surface area contributed by atoms with Crippen LogP contribution in [0.3, 0.4) is 0 Å². The number of rotatable bonds is 10. The summed E-state index contributed by atoms with van der Waals surface area (Å²) >= 11 is 0. The predicted molar refractivity (Wildman–Crippen MR) is 90.6 cm³/mol. The van der Waals surface area contributed by atoms with E-state index in [0.717, 1.165) is 32.4 Å². The molecule has 0 saturated heterocycles. The van der Waals surface area contributed by atoms with Gasteiger partial charge >= 0.3 is 0 Å². The topological polar surface area (TPSA) is 38.5 Å². The quantitative estimate of drug-likeness (QED) is 0.718. The molecular formula is C18H32N2O. The van der Waals surface area contributed by atoms with Crippen LogP contribution in [0.15, 0.2) is 24.3 Å². The minimum atomic E-state index is 0.274. The van der Waals surface area contributed by atoms with E-state index in [1.54, 1.807) is 7.11 Å². The van der Waals surface area contributed by atoms with Gasteiger partial charge in [0.05, 0.1) is 6.61 Å². The normalized spacial score (nSPS) is 13.1. The van der Waals surface area contributed by atoms with E-state index in [4.69, 9.17) is 10.5 Å². The fraction of sp³-hybridized carbons (Fsp3) is 0.667. The summed E-state index contributed by atoms with van der Waals surface area (Å²) in [6.45, 7) is 9.01. The lowest BCUT2D eigenvalue weighted by Crippen LogP contribution is -2.42. The van der Waals surface area contributed by atoms with Crippen molar-refractivity contribution in [2.45, 2.75) is 52.1 Å². The number of aryl methyl sites for hydroxylation is 1. The lowest BCUT2D eigenvalue weighted by molar-refractivity contribution is 0.0817. The van der Waals surface area contributed by atoms with Gasteiger partial charge in [-0.05, 0) is 30.4 Å². The van der Waals surface area contributed by atoms with Gasteiger partial charge in [0.1, 0.15) is 0 Å². The molecule has 0 aliphatic rings. The average Bonchev–Trinajstić information content (AvgIpc) is 2.54. The van der Waals surface area contributed by atoms with Crippen LogP contribution < -0.4 is 5.73 Å². The summed E-state index contributed by atoms with van der Waals surface area (Å²) in [5.41, 5.74) is 8.81.